The normalized spacial score (nSPS) is 22.3. The van der Waals surface area contributed by atoms with E-state index in [1.807, 2.05) is 13.8 Å². The second-order valence-electron chi connectivity index (χ2n) is 6.52. The molecule has 0 aromatic carbocycles. The van der Waals surface area contributed by atoms with Gasteiger partial charge in [0.25, 0.3) is 0 Å². The van der Waals surface area contributed by atoms with Crippen molar-refractivity contribution in [3.63, 3.8) is 0 Å². The molecule has 1 aliphatic rings. The lowest BCUT2D eigenvalue weighted by atomic mass is 9.85. The number of hydrogen-bond acceptors (Lipinski definition) is 4. The quantitative estimate of drug-likeness (QED) is 0.770. The number of nitrogens with zero attached hydrogens (tertiary/aromatic N) is 1. The molecule has 1 rings (SSSR count). The lowest BCUT2D eigenvalue weighted by Crippen LogP contribution is -2.52. The highest BCUT2D eigenvalue weighted by Gasteiger charge is 2.46. The Hall–Kier alpha value is -1.23. The predicted molar refractivity (Wildman–Crippen MR) is 72.1 cm³/mol. The first kappa shape index (κ1) is 15.8. The van der Waals surface area contributed by atoms with Crippen LogP contribution in [-0.4, -0.2) is 35.1 Å². The first-order valence-electron chi connectivity index (χ1n) is 6.71. The van der Waals surface area contributed by atoms with Crippen LogP contribution >= 0.6 is 0 Å². The second kappa shape index (κ2) is 5.41. The summed E-state index contributed by atoms with van der Waals surface area (Å²) < 4.78 is 0. The zero-order chi connectivity index (χ0) is 15.0. The molecule has 0 aromatic rings. The van der Waals surface area contributed by atoms with Crippen LogP contribution < -0.4 is 5.73 Å². The van der Waals surface area contributed by atoms with Crippen molar-refractivity contribution in [1.82, 2.24) is 4.90 Å². The molecular weight excluding hydrogens is 244 g/mol. The highest BCUT2D eigenvalue weighted by molar-refractivity contribution is 6.08. The van der Waals surface area contributed by atoms with Gasteiger partial charge in [-0.2, -0.15) is 0 Å². The molecule has 0 bridgehead atoms. The Labute approximate surface area is 114 Å². The average molecular weight is 268 g/mol. The number of carbonyl (C=O) groups is 3. The van der Waals surface area contributed by atoms with Crippen LogP contribution in [0.2, 0.25) is 0 Å². The zero-order valence-corrected chi connectivity index (χ0v) is 12.4. The number of nitrogens with two attached hydrogens (primary N) is 1. The zero-order valence-electron chi connectivity index (χ0n) is 12.4. The minimum atomic E-state index is -0.830. The van der Waals surface area contributed by atoms with Gasteiger partial charge < -0.3 is 5.73 Å². The Balaban J connectivity index is 3.03. The summed E-state index contributed by atoms with van der Waals surface area (Å²) in [4.78, 5) is 37.7. The Morgan fingerprint density at radius 2 is 1.89 bits per heavy atom. The van der Waals surface area contributed by atoms with Crippen molar-refractivity contribution < 1.29 is 14.4 Å². The van der Waals surface area contributed by atoms with Gasteiger partial charge in [0.1, 0.15) is 6.04 Å². The number of ketones is 1. The molecule has 2 amide bonds. The Morgan fingerprint density at radius 3 is 2.21 bits per heavy atom. The summed E-state index contributed by atoms with van der Waals surface area (Å²) >= 11 is 0. The molecule has 0 aliphatic carbocycles. The summed E-state index contributed by atoms with van der Waals surface area (Å²) in [6.45, 7) is 9.10. The van der Waals surface area contributed by atoms with Crippen LogP contribution in [0.3, 0.4) is 0 Å². The van der Waals surface area contributed by atoms with Crippen molar-refractivity contribution in [2.24, 2.45) is 23.0 Å². The van der Waals surface area contributed by atoms with Gasteiger partial charge in [-0.15, -0.1) is 0 Å². The number of imide groups is 1. The fraction of sp³-hybridized carbons (Fsp3) is 0.786. The number of Topliss-reactive ketones (excluding diaryl/α,β-unsaturated/α-hetero) is 1. The molecule has 1 saturated heterocycles. The fourth-order valence-electron chi connectivity index (χ4n) is 2.35. The Morgan fingerprint density at radius 1 is 1.37 bits per heavy atom. The smallest absolute Gasteiger partial charge is 0.233 e. The molecule has 5 nitrogen and oxygen atoms in total. The molecular formula is C14H24N2O3. The summed E-state index contributed by atoms with van der Waals surface area (Å²) in [5.74, 6) is -0.940. The number of rotatable bonds is 4. The summed E-state index contributed by atoms with van der Waals surface area (Å²) in [5.41, 5.74) is 5.00. The molecule has 1 fully saturated rings. The van der Waals surface area contributed by atoms with E-state index in [4.69, 9.17) is 5.73 Å². The minimum absolute atomic E-state index is 0.0155. The van der Waals surface area contributed by atoms with Gasteiger partial charge in [-0.05, 0) is 5.92 Å². The van der Waals surface area contributed by atoms with Gasteiger partial charge in [-0.3, -0.25) is 19.3 Å². The van der Waals surface area contributed by atoms with Crippen LogP contribution in [0, 0.1) is 17.3 Å². The van der Waals surface area contributed by atoms with Crippen molar-refractivity contribution in [3.8, 4) is 0 Å². The minimum Gasteiger partial charge on any atom is -0.328 e. The van der Waals surface area contributed by atoms with Gasteiger partial charge in [-0.1, -0.05) is 34.6 Å². The van der Waals surface area contributed by atoms with Crippen LogP contribution in [0.5, 0.6) is 0 Å². The lowest BCUT2D eigenvalue weighted by molar-refractivity contribution is -0.149. The van der Waals surface area contributed by atoms with Crippen molar-refractivity contribution in [3.05, 3.63) is 0 Å². The number of hydrogen-bond donors (Lipinski definition) is 1. The first-order valence-corrected chi connectivity index (χ1v) is 6.71. The number of carbonyl (C=O) groups excluding carboxylic acids is 3. The number of amides is 2. The molecule has 5 heteroatoms. The van der Waals surface area contributed by atoms with Gasteiger partial charge in [0.2, 0.25) is 11.8 Å². The van der Waals surface area contributed by atoms with Crippen LogP contribution in [0.1, 0.15) is 41.0 Å². The number of likely N-dealkylation sites (tertiary alicyclic amines) is 1. The third-order valence-electron chi connectivity index (χ3n) is 3.60. The molecule has 1 heterocycles. The largest absolute Gasteiger partial charge is 0.328 e. The van der Waals surface area contributed by atoms with Gasteiger partial charge in [0.15, 0.2) is 5.78 Å². The van der Waals surface area contributed by atoms with E-state index in [0.29, 0.717) is 0 Å². The molecule has 0 aromatic heterocycles. The van der Waals surface area contributed by atoms with Gasteiger partial charge in [0.05, 0.1) is 0 Å². The standard InChI is InChI=1S/C14H24N2O3/c1-8(2)9-6-11(17)16(13(9)19)10(7-15)12(18)14(3,4)5/h8-10H,6-7,15H2,1-5H3. The molecule has 108 valence electrons. The fourth-order valence-corrected chi connectivity index (χ4v) is 2.35. The maximum Gasteiger partial charge on any atom is 0.233 e. The molecule has 19 heavy (non-hydrogen) atoms. The van der Waals surface area contributed by atoms with E-state index in [2.05, 4.69) is 0 Å². The van der Waals surface area contributed by atoms with Crippen molar-refractivity contribution >= 4 is 17.6 Å². The van der Waals surface area contributed by atoms with E-state index in [1.165, 1.54) is 0 Å². The van der Waals surface area contributed by atoms with Crippen LogP contribution in [0.4, 0.5) is 0 Å². The molecule has 2 unspecified atom stereocenters. The van der Waals surface area contributed by atoms with Crippen LogP contribution in [0.15, 0.2) is 0 Å². The summed E-state index contributed by atoms with van der Waals surface area (Å²) in [5, 5.41) is 0. The predicted octanol–water partition coefficient (Wildman–Crippen LogP) is 0.960. The summed E-state index contributed by atoms with van der Waals surface area (Å²) in [6, 6.07) is -0.830. The lowest BCUT2D eigenvalue weighted by Gasteiger charge is -2.30. The SMILES string of the molecule is CC(C)C1CC(=O)N(C(CN)C(=O)C(C)(C)C)C1=O. The molecule has 0 radical (unpaired) electrons. The van der Waals surface area contributed by atoms with Gasteiger partial charge in [-0.25, -0.2) is 0 Å². The third kappa shape index (κ3) is 3.03. The van der Waals surface area contributed by atoms with Crippen LogP contribution in [-0.2, 0) is 14.4 Å². The van der Waals surface area contributed by atoms with E-state index in [0.717, 1.165) is 4.90 Å². The van der Waals surface area contributed by atoms with Crippen LogP contribution in [0.25, 0.3) is 0 Å². The maximum atomic E-state index is 12.3. The average Bonchev–Trinajstić information content (AvgIpc) is 2.56. The first-order chi connectivity index (χ1) is 8.61. The van der Waals surface area contributed by atoms with Gasteiger partial charge >= 0.3 is 0 Å². The van der Waals surface area contributed by atoms with Crippen molar-refractivity contribution in [2.75, 3.05) is 6.54 Å². The van der Waals surface area contributed by atoms with Crippen molar-refractivity contribution in [1.29, 1.82) is 0 Å². The highest BCUT2D eigenvalue weighted by atomic mass is 16.2. The third-order valence-corrected chi connectivity index (χ3v) is 3.60. The van der Waals surface area contributed by atoms with E-state index in [-0.39, 0.29) is 42.4 Å². The monoisotopic (exact) mass is 268 g/mol. The second-order valence-corrected chi connectivity index (χ2v) is 6.52. The molecule has 0 spiro atoms. The highest BCUT2D eigenvalue weighted by Crippen LogP contribution is 2.30. The topological polar surface area (TPSA) is 80.5 Å². The summed E-state index contributed by atoms with van der Waals surface area (Å²) in [6.07, 6.45) is 0.185. The molecule has 2 N–H and O–H groups in total. The maximum absolute atomic E-state index is 12.3. The van der Waals surface area contributed by atoms with Gasteiger partial charge in [0, 0.05) is 24.3 Å². The van der Waals surface area contributed by atoms with E-state index in [9.17, 15) is 14.4 Å². The van der Waals surface area contributed by atoms with E-state index >= 15 is 0 Å². The van der Waals surface area contributed by atoms with E-state index in [1.54, 1.807) is 20.8 Å². The Kier molecular flexibility index (Phi) is 4.50. The molecule has 1 aliphatic heterocycles. The molecule has 2 atom stereocenters. The summed E-state index contributed by atoms with van der Waals surface area (Å²) in [7, 11) is 0. The van der Waals surface area contributed by atoms with Crippen molar-refractivity contribution in [2.45, 2.75) is 47.1 Å². The molecule has 0 saturated carbocycles. The Bertz CT molecular complexity index is 396. The van der Waals surface area contributed by atoms with E-state index < -0.39 is 11.5 Å².